The van der Waals surface area contributed by atoms with Crippen molar-refractivity contribution in [3.8, 4) is 0 Å². The molecule has 0 aliphatic rings. The number of thioether (sulfide) groups is 2. The van der Waals surface area contributed by atoms with Crippen molar-refractivity contribution in [2.24, 2.45) is 0 Å². The van der Waals surface area contributed by atoms with Crippen LogP contribution in [0.2, 0.25) is 0 Å². The van der Waals surface area contributed by atoms with E-state index in [1.54, 1.807) is 47.8 Å². The van der Waals surface area contributed by atoms with Crippen LogP contribution >= 0.6 is 23.5 Å². The number of ketones is 1. The first-order chi connectivity index (χ1) is 9.15. The summed E-state index contributed by atoms with van der Waals surface area (Å²) >= 11 is 3.35. The Kier molecular flexibility index (Phi) is 7.60. The van der Waals surface area contributed by atoms with E-state index < -0.39 is 0 Å². The maximum atomic E-state index is 12.7. The van der Waals surface area contributed by atoms with Gasteiger partial charge in [-0.05, 0) is 35.3 Å². The minimum atomic E-state index is -0.274. The fourth-order valence-corrected chi connectivity index (χ4v) is 3.33. The minimum absolute atomic E-state index is 0.0405. The highest BCUT2D eigenvalue weighted by Crippen LogP contribution is 2.27. The van der Waals surface area contributed by atoms with Gasteiger partial charge in [-0.15, -0.1) is 23.5 Å². The largest absolute Gasteiger partial charge is 0.290 e. The van der Waals surface area contributed by atoms with Gasteiger partial charge in [-0.25, -0.2) is 4.39 Å². The summed E-state index contributed by atoms with van der Waals surface area (Å²) in [5, 5.41) is 0. The van der Waals surface area contributed by atoms with Crippen LogP contribution in [0, 0.1) is 5.82 Å². The topological polar surface area (TPSA) is 17.1 Å². The van der Waals surface area contributed by atoms with Crippen LogP contribution < -0.4 is 0 Å². The average molecular weight is 296 g/mol. The third kappa shape index (κ3) is 6.64. The van der Waals surface area contributed by atoms with E-state index in [0.717, 1.165) is 21.3 Å². The molecule has 0 fully saturated rings. The number of benzene rings is 1. The third-order valence-electron chi connectivity index (χ3n) is 2.14. The maximum Gasteiger partial charge on any atom is 0.180 e. The van der Waals surface area contributed by atoms with Gasteiger partial charge >= 0.3 is 0 Å². The number of rotatable bonds is 7. The lowest BCUT2D eigenvalue weighted by Gasteiger charge is -2.01. The normalized spacial score (nSPS) is 10.7. The molecule has 0 atom stereocenters. The van der Waals surface area contributed by atoms with Crippen LogP contribution in [-0.2, 0) is 4.79 Å². The molecule has 0 bridgehead atoms. The molecule has 0 saturated heterocycles. The Morgan fingerprint density at radius 1 is 1.16 bits per heavy atom. The van der Waals surface area contributed by atoms with E-state index in [1.165, 1.54) is 18.2 Å². The van der Waals surface area contributed by atoms with E-state index in [2.05, 4.69) is 13.8 Å². The van der Waals surface area contributed by atoms with Crippen LogP contribution in [0.25, 0.3) is 6.08 Å². The summed E-state index contributed by atoms with van der Waals surface area (Å²) in [4.78, 5) is 11.8. The number of halogens is 1. The van der Waals surface area contributed by atoms with Crippen molar-refractivity contribution in [3.63, 3.8) is 0 Å². The maximum absolute atomic E-state index is 12.7. The first-order valence-electron chi connectivity index (χ1n) is 6.10. The zero-order valence-corrected chi connectivity index (χ0v) is 12.7. The molecular formula is C15H17FOS2. The highest BCUT2D eigenvalue weighted by atomic mass is 32.2. The molecule has 0 N–H and O–H groups in total. The van der Waals surface area contributed by atoms with E-state index >= 15 is 0 Å². The number of carbonyl (C=O) groups is 1. The molecule has 0 aliphatic heterocycles. The van der Waals surface area contributed by atoms with Crippen molar-refractivity contribution in [2.75, 3.05) is 11.5 Å². The lowest BCUT2D eigenvalue weighted by Crippen LogP contribution is -1.88. The standard InChI is InChI=1S/C15H17FOS2/c1-3-18-15(19-4-2)11-14(17)10-7-12-5-8-13(16)9-6-12/h5-11H,3-4H2,1-2H3/b10-7+. The Balaban J connectivity index is 2.67. The van der Waals surface area contributed by atoms with Crippen molar-refractivity contribution in [2.45, 2.75) is 13.8 Å². The van der Waals surface area contributed by atoms with Gasteiger partial charge < -0.3 is 0 Å². The second kappa shape index (κ2) is 8.99. The zero-order valence-electron chi connectivity index (χ0n) is 11.1. The lowest BCUT2D eigenvalue weighted by atomic mass is 10.2. The number of carbonyl (C=O) groups excluding carboxylic acids is 1. The summed E-state index contributed by atoms with van der Waals surface area (Å²) < 4.78 is 13.8. The monoisotopic (exact) mass is 296 g/mol. The quantitative estimate of drug-likeness (QED) is 0.676. The molecule has 102 valence electrons. The van der Waals surface area contributed by atoms with E-state index in [4.69, 9.17) is 0 Å². The van der Waals surface area contributed by atoms with Gasteiger partial charge in [0.2, 0.25) is 0 Å². The summed E-state index contributed by atoms with van der Waals surface area (Å²) in [5.41, 5.74) is 0.816. The molecule has 19 heavy (non-hydrogen) atoms. The van der Waals surface area contributed by atoms with Crippen molar-refractivity contribution in [1.82, 2.24) is 0 Å². The second-order valence-electron chi connectivity index (χ2n) is 3.62. The van der Waals surface area contributed by atoms with Crippen molar-refractivity contribution < 1.29 is 9.18 Å². The van der Waals surface area contributed by atoms with Crippen LogP contribution in [0.3, 0.4) is 0 Å². The van der Waals surface area contributed by atoms with Crippen LogP contribution in [0.15, 0.2) is 40.7 Å². The number of hydrogen-bond acceptors (Lipinski definition) is 3. The first kappa shape index (κ1) is 16.1. The Labute approximate surface area is 122 Å². The summed E-state index contributed by atoms with van der Waals surface area (Å²) in [6, 6.07) is 6.05. The molecule has 0 aliphatic carbocycles. The van der Waals surface area contributed by atoms with Gasteiger partial charge in [0.05, 0.1) is 0 Å². The number of allylic oxidation sites excluding steroid dienone is 2. The molecule has 0 saturated carbocycles. The predicted molar refractivity (Wildman–Crippen MR) is 84.8 cm³/mol. The first-order valence-corrected chi connectivity index (χ1v) is 8.07. The summed E-state index contributed by atoms with van der Waals surface area (Å²) in [5.74, 6) is 1.59. The van der Waals surface area contributed by atoms with Crippen molar-refractivity contribution in [1.29, 1.82) is 0 Å². The fraction of sp³-hybridized carbons (Fsp3) is 0.267. The second-order valence-corrected chi connectivity index (χ2v) is 6.49. The molecule has 0 aromatic heterocycles. The van der Waals surface area contributed by atoms with E-state index in [-0.39, 0.29) is 11.6 Å². The van der Waals surface area contributed by atoms with Gasteiger partial charge in [-0.1, -0.05) is 32.1 Å². The third-order valence-corrected chi connectivity index (χ3v) is 4.23. The van der Waals surface area contributed by atoms with E-state index in [1.807, 2.05) is 0 Å². The van der Waals surface area contributed by atoms with Gasteiger partial charge in [0, 0.05) is 10.3 Å². The Hall–Kier alpha value is -1.00. The summed E-state index contributed by atoms with van der Waals surface area (Å²) in [6.45, 7) is 4.13. The molecule has 1 aromatic carbocycles. The SMILES string of the molecule is CCSC(=CC(=O)/C=C/c1ccc(F)cc1)SCC. The van der Waals surface area contributed by atoms with E-state index in [0.29, 0.717) is 0 Å². The van der Waals surface area contributed by atoms with Crippen molar-refractivity contribution >= 4 is 35.4 Å². The van der Waals surface area contributed by atoms with Crippen LogP contribution in [0.1, 0.15) is 19.4 Å². The molecule has 1 nitrogen and oxygen atoms in total. The summed E-state index contributed by atoms with van der Waals surface area (Å²) in [7, 11) is 0. The van der Waals surface area contributed by atoms with Crippen LogP contribution in [0.4, 0.5) is 4.39 Å². The molecular weight excluding hydrogens is 279 g/mol. The molecule has 1 aromatic rings. The molecule has 0 radical (unpaired) electrons. The van der Waals surface area contributed by atoms with Gasteiger partial charge in [-0.3, -0.25) is 4.79 Å². The molecule has 0 spiro atoms. The molecule has 0 amide bonds. The highest BCUT2D eigenvalue weighted by molar-refractivity contribution is 8.22. The van der Waals surface area contributed by atoms with Crippen LogP contribution in [-0.4, -0.2) is 17.3 Å². The van der Waals surface area contributed by atoms with Gasteiger partial charge in [0.25, 0.3) is 0 Å². The zero-order chi connectivity index (χ0) is 14.1. The summed E-state index contributed by atoms with van der Waals surface area (Å²) in [6.07, 6.45) is 4.87. The minimum Gasteiger partial charge on any atom is -0.290 e. The average Bonchev–Trinajstić information content (AvgIpc) is 2.39. The Bertz CT molecular complexity index is 456. The fourth-order valence-electron chi connectivity index (χ4n) is 1.33. The lowest BCUT2D eigenvalue weighted by molar-refractivity contribution is -0.110. The van der Waals surface area contributed by atoms with Crippen molar-refractivity contribution in [3.05, 3.63) is 52.0 Å². The molecule has 1 rings (SSSR count). The van der Waals surface area contributed by atoms with Gasteiger partial charge in [0.1, 0.15) is 5.82 Å². The van der Waals surface area contributed by atoms with Gasteiger partial charge in [-0.2, -0.15) is 0 Å². The molecule has 0 unspecified atom stereocenters. The van der Waals surface area contributed by atoms with E-state index in [9.17, 15) is 9.18 Å². The van der Waals surface area contributed by atoms with Crippen LogP contribution in [0.5, 0.6) is 0 Å². The molecule has 4 heteroatoms. The highest BCUT2D eigenvalue weighted by Gasteiger charge is 2.00. The predicted octanol–water partition coefficient (Wildman–Crippen LogP) is 4.76. The Morgan fingerprint density at radius 2 is 1.74 bits per heavy atom. The number of hydrogen-bond donors (Lipinski definition) is 0. The molecule has 0 heterocycles. The Morgan fingerprint density at radius 3 is 2.26 bits per heavy atom. The smallest absolute Gasteiger partial charge is 0.180 e. The van der Waals surface area contributed by atoms with Gasteiger partial charge in [0.15, 0.2) is 5.78 Å².